The molecule has 0 aliphatic carbocycles. The Labute approximate surface area is 168 Å². The lowest BCUT2D eigenvalue weighted by molar-refractivity contribution is -0.144. The van der Waals surface area contributed by atoms with Crippen LogP contribution < -0.4 is 16.2 Å². The largest absolute Gasteiger partial charge is 0.466 e. The molecule has 0 heterocycles. The van der Waals surface area contributed by atoms with Crippen molar-refractivity contribution in [1.29, 1.82) is 0 Å². The summed E-state index contributed by atoms with van der Waals surface area (Å²) in [6, 6.07) is 16.9. The summed E-state index contributed by atoms with van der Waals surface area (Å²) in [4.78, 5) is 35.1. The van der Waals surface area contributed by atoms with E-state index >= 15 is 0 Å². The fraction of sp³-hybridized carbons (Fsp3) is 0.200. The molecule has 0 aliphatic rings. The van der Waals surface area contributed by atoms with Crippen LogP contribution in [-0.4, -0.2) is 29.5 Å². The number of ether oxygens (including phenoxy) is 1. The second kappa shape index (κ2) is 10.8. The van der Waals surface area contributed by atoms with Gasteiger partial charge in [0.2, 0.25) is 5.91 Å². The summed E-state index contributed by atoms with van der Waals surface area (Å²) in [5, 5.41) is 2.31. The van der Waals surface area contributed by atoms with Crippen LogP contribution in [0.2, 0.25) is 0 Å². The lowest BCUT2D eigenvalue weighted by Gasteiger charge is -2.11. The number of hydrogen-bond donors (Lipinski definition) is 3. The number of hydrazine groups is 1. The zero-order chi connectivity index (χ0) is 20.4. The molecule has 0 bridgehead atoms. The van der Waals surface area contributed by atoms with E-state index in [4.69, 9.17) is 17.0 Å². The van der Waals surface area contributed by atoms with E-state index in [0.717, 1.165) is 11.1 Å². The average Bonchev–Trinajstić information content (AvgIpc) is 2.71. The van der Waals surface area contributed by atoms with E-state index in [-0.39, 0.29) is 24.6 Å². The predicted molar refractivity (Wildman–Crippen MR) is 109 cm³/mol. The van der Waals surface area contributed by atoms with E-state index in [1.165, 1.54) is 0 Å². The first kappa shape index (κ1) is 21.0. The van der Waals surface area contributed by atoms with E-state index in [9.17, 15) is 14.4 Å². The van der Waals surface area contributed by atoms with Gasteiger partial charge in [-0.3, -0.25) is 25.2 Å². The van der Waals surface area contributed by atoms with Crippen molar-refractivity contribution in [3.8, 4) is 11.1 Å². The van der Waals surface area contributed by atoms with Crippen LogP contribution in [0.3, 0.4) is 0 Å². The molecule has 2 amide bonds. The Hall–Kier alpha value is -3.26. The molecule has 0 spiro atoms. The normalized spacial score (nSPS) is 9.89. The van der Waals surface area contributed by atoms with Crippen molar-refractivity contribution in [1.82, 2.24) is 16.2 Å². The smallest absolute Gasteiger partial charge is 0.306 e. The third-order valence-electron chi connectivity index (χ3n) is 3.66. The van der Waals surface area contributed by atoms with E-state index in [1.807, 2.05) is 42.5 Å². The Morgan fingerprint density at radius 3 is 2.18 bits per heavy atom. The molecule has 3 N–H and O–H groups in total. The van der Waals surface area contributed by atoms with Gasteiger partial charge in [-0.2, -0.15) is 0 Å². The first-order valence-electron chi connectivity index (χ1n) is 8.71. The number of amides is 2. The molecule has 146 valence electrons. The fourth-order valence-electron chi connectivity index (χ4n) is 2.30. The molecule has 7 nitrogen and oxygen atoms in total. The zero-order valence-electron chi connectivity index (χ0n) is 15.4. The highest BCUT2D eigenvalue weighted by molar-refractivity contribution is 7.80. The second-order valence-corrected chi connectivity index (χ2v) is 6.11. The van der Waals surface area contributed by atoms with Crippen molar-refractivity contribution in [3.05, 3.63) is 60.2 Å². The number of hydrogen-bond acceptors (Lipinski definition) is 5. The Balaban J connectivity index is 1.77. The van der Waals surface area contributed by atoms with Crippen LogP contribution in [0.25, 0.3) is 11.1 Å². The van der Waals surface area contributed by atoms with Crippen LogP contribution in [0, 0.1) is 0 Å². The van der Waals surface area contributed by atoms with E-state index < -0.39 is 17.8 Å². The number of rotatable bonds is 6. The summed E-state index contributed by atoms with van der Waals surface area (Å²) in [5.74, 6) is -1.31. The van der Waals surface area contributed by atoms with Crippen molar-refractivity contribution in [2.75, 3.05) is 6.61 Å². The standard InChI is InChI=1S/C20H21N3O4S/c1-2-27-18(25)13-12-17(24)21-20(28)23-22-19(26)16-10-8-15(9-11-16)14-6-4-3-5-7-14/h3-11H,2,12-13H2,1H3,(H,22,26)(H2,21,23,24,28). The van der Waals surface area contributed by atoms with E-state index in [0.29, 0.717) is 5.56 Å². The summed E-state index contributed by atoms with van der Waals surface area (Å²) < 4.78 is 4.74. The van der Waals surface area contributed by atoms with Gasteiger partial charge < -0.3 is 10.1 Å². The summed E-state index contributed by atoms with van der Waals surface area (Å²) >= 11 is 4.94. The maximum atomic E-state index is 12.2. The Morgan fingerprint density at radius 1 is 0.893 bits per heavy atom. The van der Waals surface area contributed by atoms with Crippen molar-refractivity contribution < 1.29 is 19.1 Å². The molecule has 0 unspecified atom stereocenters. The predicted octanol–water partition coefficient (Wildman–Crippen LogP) is 2.33. The molecule has 8 heteroatoms. The molecular weight excluding hydrogens is 378 g/mol. The Kier molecular flexibility index (Phi) is 8.11. The SMILES string of the molecule is CCOC(=O)CCC(=O)NC(=S)NNC(=O)c1ccc(-c2ccccc2)cc1. The minimum Gasteiger partial charge on any atom is -0.466 e. The monoisotopic (exact) mass is 399 g/mol. The lowest BCUT2D eigenvalue weighted by Crippen LogP contribution is -2.48. The maximum absolute atomic E-state index is 12.2. The second-order valence-electron chi connectivity index (χ2n) is 5.70. The topological polar surface area (TPSA) is 96.5 Å². The Morgan fingerprint density at radius 2 is 1.54 bits per heavy atom. The van der Waals surface area contributed by atoms with Crippen molar-refractivity contribution in [2.45, 2.75) is 19.8 Å². The summed E-state index contributed by atoms with van der Waals surface area (Å²) in [7, 11) is 0. The highest BCUT2D eigenvalue weighted by Gasteiger charge is 2.10. The average molecular weight is 399 g/mol. The van der Waals surface area contributed by atoms with Crippen molar-refractivity contribution in [2.24, 2.45) is 0 Å². The molecule has 0 saturated carbocycles. The van der Waals surface area contributed by atoms with Gasteiger partial charge in [0.15, 0.2) is 5.11 Å². The van der Waals surface area contributed by atoms with Gasteiger partial charge in [-0.15, -0.1) is 0 Å². The van der Waals surface area contributed by atoms with Gasteiger partial charge in [0, 0.05) is 12.0 Å². The molecular formula is C20H21N3O4S. The number of carbonyl (C=O) groups excluding carboxylic acids is 3. The molecule has 0 radical (unpaired) electrons. The van der Waals surface area contributed by atoms with Gasteiger partial charge in [0.25, 0.3) is 5.91 Å². The van der Waals surface area contributed by atoms with Gasteiger partial charge in [-0.25, -0.2) is 0 Å². The number of carbonyl (C=O) groups is 3. The van der Waals surface area contributed by atoms with E-state index in [2.05, 4.69) is 16.2 Å². The zero-order valence-corrected chi connectivity index (χ0v) is 16.2. The third kappa shape index (κ3) is 6.81. The highest BCUT2D eigenvalue weighted by atomic mass is 32.1. The quantitative estimate of drug-likeness (QED) is 0.392. The van der Waals surface area contributed by atoms with E-state index in [1.54, 1.807) is 19.1 Å². The number of benzene rings is 2. The molecule has 0 fully saturated rings. The first-order chi connectivity index (χ1) is 13.5. The molecule has 0 saturated heterocycles. The fourth-order valence-corrected chi connectivity index (χ4v) is 2.46. The van der Waals surface area contributed by atoms with Gasteiger partial charge >= 0.3 is 5.97 Å². The summed E-state index contributed by atoms with van der Waals surface area (Å²) in [5.41, 5.74) is 7.35. The summed E-state index contributed by atoms with van der Waals surface area (Å²) in [6.07, 6.45) is -0.0992. The van der Waals surface area contributed by atoms with Crippen LogP contribution in [-0.2, 0) is 14.3 Å². The van der Waals surface area contributed by atoms with Crippen LogP contribution in [0.1, 0.15) is 30.1 Å². The number of esters is 1. The van der Waals surface area contributed by atoms with Crippen LogP contribution in [0.15, 0.2) is 54.6 Å². The molecule has 0 atom stereocenters. The third-order valence-corrected chi connectivity index (χ3v) is 3.86. The molecule has 28 heavy (non-hydrogen) atoms. The van der Waals surface area contributed by atoms with Crippen molar-refractivity contribution in [3.63, 3.8) is 0 Å². The molecule has 2 aromatic rings. The Bertz CT molecular complexity index is 838. The molecule has 2 rings (SSSR count). The summed E-state index contributed by atoms with van der Waals surface area (Å²) in [6.45, 7) is 1.95. The minimum atomic E-state index is -0.455. The van der Waals surface area contributed by atoms with Crippen molar-refractivity contribution >= 4 is 35.1 Å². The maximum Gasteiger partial charge on any atom is 0.306 e. The lowest BCUT2D eigenvalue weighted by atomic mass is 10.0. The van der Waals surface area contributed by atoms with Gasteiger partial charge in [0.05, 0.1) is 13.0 Å². The molecule has 0 aliphatic heterocycles. The van der Waals surface area contributed by atoms with Gasteiger partial charge in [-0.05, 0) is 42.4 Å². The molecule has 2 aromatic carbocycles. The first-order valence-corrected chi connectivity index (χ1v) is 9.11. The highest BCUT2D eigenvalue weighted by Crippen LogP contribution is 2.19. The van der Waals surface area contributed by atoms with Crippen LogP contribution in [0.5, 0.6) is 0 Å². The minimum absolute atomic E-state index is 0.0393. The molecule has 0 aromatic heterocycles. The van der Waals surface area contributed by atoms with Crippen LogP contribution in [0.4, 0.5) is 0 Å². The van der Waals surface area contributed by atoms with Crippen LogP contribution >= 0.6 is 12.2 Å². The number of nitrogens with one attached hydrogen (secondary N) is 3. The van der Waals surface area contributed by atoms with Gasteiger partial charge in [-0.1, -0.05) is 42.5 Å². The van der Waals surface area contributed by atoms with Gasteiger partial charge in [0.1, 0.15) is 0 Å². The number of thiocarbonyl (C=S) groups is 1.